The average Bonchev–Trinajstić information content (AvgIpc) is 2.20. The topological polar surface area (TPSA) is 93.2 Å². The van der Waals surface area contributed by atoms with Crippen molar-refractivity contribution in [1.82, 2.24) is 9.55 Å². The molecule has 0 amide bonds. The molecule has 1 aromatic heterocycles. The van der Waals surface area contributed by atoms with Gasteiger partial charge in [-0.3, -0.25) is 9.78 Å². The lowest BCUT2D eigenvalue weighted by molar-refractivity contribution is 0.796. The van der Waals surface area contributed by atoms with Crippen LogP contribution in [0.4, 0.5) is 0 Å². The van der Waals surface area contributed by atoms with E-state index in [1.807, 2.05) is 0 Å². The molecule has 0 atom stereocenters. The Labute approximate surface area is 85.8 Å². The summed E-state index contributed by atoms with van der Waals surface area (Å²) >= 11 is 0. The lowest BCUT2D eigenvalue weighted by atomic mass is 10.3. The first kappa shape index (κ1) is 11.0. The summed E-state index contributed by atoms with van der Waals surface area (Å²) in [6.07, 6.45) is 4.51. The third kappa shape index (κ3) is 2.43. The van der Waals surface area contributed by atoms with E-state index in [4.69, 9.17) is 5.73 Å². The Kier molecular flexibility index (Phi) is 3.22. The predicted octanol–water partition coefficient (Wildman–Crippen LogP) is -0.687. The molecule has 1 heterocycles. The van der Waals surface area contributed by atoms with Crippen LogP contribution < -0.4 is 17.0 Å². The number of hydrogen-bond acceptors (Lipinski definition) is 3. The van der Waals surface area contributed by atoms with E-state index in [1.54, 1.807) is 13.0 Å². The van der Waals surface area contributed by atoms with Crippen LogP contribution in [0.2, 0.25) is 0 Å². The van der Waals surface area contributed by atoms with E-state index in [2.05, 4.69) is 9.98 Å². The standard InChI is InChI=1S/C9H12N4O2/c1-3-4-11-7(10)6-5-13(2)9(15)12-8(6)14/h3-5H,1-2H3,(H2,10,11)(H,12,14,15)/b4-3-. The van der Waals surface area contributed by atoms with Gasteiger partial charge < -0.3 is 10.3 Å². The lowest BCUT2D eigenvalue weighted by Gasteiger charge is -2.00. The van der Waals surface area contributed by atoms with Crippen LogP contribution in [0.5, 0.6) is 0 Å². The van der Waals surface area contributed by atoms with Gasteiger partial charge in [0.15, 0.2) is 0 Å². The van der Waals surface area contributed by atoms with E-state index in [-0.39, 0.29) is 11.4 Å². The summed E-state index contributed by atoms with van der Waals surface area (Å²) in [4.78, 5) is 28.3. The molecule has 80 valence electrons. The zero-order valence-electron chi connectivity index (χ0n) is 8.52. The zero-order chi connectivity index (χ0) is 11.4. The van der Waals surface area contributed by atoms with Gasteiger partial charge in [-0.1, -0.05) is 6.08 Å². The number of allylic oxidation sites excluding steroid dienone is 1. The molecule has 0 fully saturated rings. The van der Waals surface area contributed by atoms with Gasteiger partial charge in [-0.15, -0.1) is 0 Å². The number of nitrogens with two attached hydrogens (primary N) is 1. The van der Waals surface area contributed by atoms with Crippen LogP contribution in [0.3, 0.4) is 0 Å². The van der Waals surface area contributed by atoms with Gasteiger partial charge in [0.1, 0.15) is 5.84 Å². The summed E-state index contributed by atoms with van der Waals surface area (Å²) in [7, 11) is 1.52. The molecule has 1 rings (SSSR count). The van der Waals surface area contributed by atoms with E-state index in [0.29, 0.717) is 0 Å². The normalized spacial score (nSPS) is 12.3. The molecule has 0 aliphatic heterocycles. The molecule has 0 saturated heterocycles. The molecule has 0 radical (unpaired) electrons. The quantitative estimate of drug-likeness (QED) is 0.497. The fraction of sp³-hybridized carbons (Fsp3) is 0.222. The maximum absolute atomic E-state index is 11.3. The number of hydrogen-bond donors (Lipinski definition) is 2. The van der Waals surface area contributed by atoms with Gasteiger partial charge >= 0.3 is 5.69 Å². The summed E-state index contributed by atoms with van der Waals surface area (Å²) in [6, 6.07) is 0. The molecule has 0 aliphatic carbocycles. The molecular weight excluding hydrogens is 196 g/mol. The van der Waals surface area contributed by atoms with Crippen LogP contribution in [0, 0.1) is 0 Å². The fourth-order valence-corrected chi connectivity index (χ4v) is 0.970. The van der Waals surface area contributed by atoms with E-state index in [9.17, 15) is 9.59 Å². The Morgan fingerprint density at radius 2 is 2.27 bits per heavy atom. The molecular formula is C9H12N4O2. The van der Waals surface area contributed by atoms with Crippen LogP contribution in [-0.4, -0.2) is 15.4 Å². The SMILES string of the molecule is C/C=C\N=C(N)c1cn(C)c(=O)[nH]c1=O. The number of aromatic nitrogens is 2. The minimum Gasteiger partial charge on any atom is -0.383 e. The van der Waals surface area contributed by atoms with Crippen molar-refractivity contribution in [2.24, 2.45) is 17.8 Å². The van der Waals surface area contributed by atoms with Crippen LogP contribution in [0.25, 0.3) is 0 Å². The van der Waals surface area contributed by atoms with Crippen LogP contribution in [0.1, 0.15) is 12.5 Å². The minimum absolute atomic E-state index is 0.0740. The molecule has 0 saturated carbocycles. The van der Waals surface area contributed by atoms with Crippen molar-refractivity contribution in [2.45, 2.75) is 6.92 Å². The van der Waals surface area contributed by atoms with Gasteiger partial charge in [0.25, 0.3) is 5.56 Å². The molecule has 0 aromatic carbocycles. The maximum Gasteiger partial charge on any atom is 0.328 e. The van der Waals surface area contributed by atoms with Gasteiger partial charge in [0.2, 0.25) is 0 Å². The van der Waals surface area contributed by atoms with Crippen molar-refractivity contribution in [3.63, 3.8) is 0 Å². The Balaban J connectivity index is 3.33. The van der Waals surface area contributed by atoms with E-state index in [1.165, 1.54) is 24.0 Å². The molecule has 1 aromatic rings. The zero-order valence-corrected chi connectivity index (χ0v) is 8.52. The molecule has 3 N–H and O–H groups in total. The first-order valence-electron chi connectivity index (χ1n) is 4.31. The van der Waals surface area contributed by atoms with Crippen LogP contribution >= 0.6 is 0 Å². The summed E-state index contributed by atoms with van der Waals surface area (Å²) in [6.45, 7) is 1.78. The number of aryl methyl sites for hydroxylation is 1. The second kappa shape index (κ2) is 4.41. The van der Waals surface area contributed by atoms with E-state index < -0.39 is 11.2 Å². The maximum atomic E-state index is 11.3. The molecule has 0 spiro atoms. The van der Waals surface area contributed by atoms with Gasteiger partial charge in [-0.2, -0.15) is 0 Å². The Morgan fingerprint density at radius 3 is 2.87 bits per heavy atom. The van der Waals surface area contributed by atoms with Gasteiger partial charge in [-0.25, -0.2) is 9.79 Å². The molecule has 15 heavy (non-hydrogen) atoms. The molecule has 0 aliphatic rings. The third-order valence-electron chi connectivity index (χ3n) is 1.75. The van der Waals surface area contributed by atoms with Crippen molar-refractivity contribution < 1.29 is 0 Å². The highest BCUT2D eigenvalue weighted by Crippen LogP contribution is 1.87. The molecule has 6 nitrogen and oxygen atoms in total. The van der Waals surface area contributed by atoms with Crippen molar-refractivity contribution in [1.29, 1.82) is 0 Å². The number of amidine groups is 1. The highest BCUT2D eigenvalue weighted by atomic mass is 16.2. The van der Waals surface area contributed by atoms with E-state index >= 15 is 0 Å². The summed E-state index contributed by atoms with van der Waals surface area (Å²) < 4.78 is 1.23. The monoisotopic (exact) mass is 208 g/mol. The Hall–Kier alpha value is -2.11. The Bertz CT molecular complexity index is 522. The predicted molar refractivity (Wildman–Crippen MR) is 57.8 cm³/mol. The van der Waals surface area contributed by atoms with Crippen LogP contribution in [-0.2, 0) is 7.05 Å². The van der Waals surface area contributed by atoms with E-state index in [0.717, 1.165) is 0 Å². The molecule has 0 bridgehead atoms. The number of aliphatic imine (C=N–C) groups is 1. The molecule has 6 heteroatoms. The fourth-order valence-electron chi connectivity index (χ4n) is 0.970. The van der Waals surface area contributed by atoms with Crippen LogP contribution in [0.15, 0.2) is 33.1 Å². The first-order valence-corrected chi connectivity index (χ1v) is 4.31. The largest absolute Gasteiger partial charge is 0.383 e. The number of aromatic amines is 1. The number of H-pyrrole nitrogens is 1. The average molecular weight is 208 g/mol. The summed E-state index contributed by atoms with van der Waals surface area (Å²) in [5.41, 5.74) is 4.72. The number of nitrogens with one attached hydrogen (secondary N) is 1. The highest BCUT2D eigenvalue weighted by molar-refractivity contribution is 5.97. The van der Waals surface area contributed by atoms with Gasteiger partial charge in [0.05, 0.1) is 5.56 Å². The number of nitrogens with zero attached hydrogens (tertiary/aromatic N) is 2. The van der Waals surface area contributed by atoms with Crippen molar-refractivity contribution in [2.75, 3.05) is 0 Å². The number of rotatable bonds is 2. The summed E-state index contributed by atoms with van der Waals surface area (Å²) in [5, 5.41) is 0. The highest BCUT2D eigenvalue weighted by Gasteiger charge is 2.05. The van der Waals surface area contributed by atoms with Gasteiger partial charge in [0, 0.05) is 19.4 Å². The lowest BCUT2D eigenvalue weighted by Crippen LogP contribution is -2.34. The molecule has 0 unspecified atom stereocenters. The third-order valence-corrected chi connectivity index (χ3v) is 1.75. The second-order valence-corrected chi connectivity index (χ2v) is 2.91. The van der Waals surface area contributed by atoms with Crippen molar-refractivity contribution in [3.05, 3.63) is 44.9 Å². The Morgan fingerprint density at radius 1 is 1.60 bits per heavy atom. The first-order chi connectivity index (χ1) is 7.06. The van der Waals surface area contributed by atoms with Gasteiger partial charge in [-0.05, 0) is 6.92 Å². The smallest absolute Gasteiger partial charge is 0.328 e. The minimum atomic E-state index is -0.538. The van der Waals surface area contributed by atoms with Crippen molar-refractivity contribution >= 4 is 5.84 Å². The second-order valence-electron chi connectivity index (χ2n) is 2.91. The van der Waals surface area contributed by atoms with Crippen molar-refractivity contribution in [3.8, 4) is 0 Å². The summed E-state index contributed by atoms with van der Waals surface area (Å²) in [5.74, 6) is 0.0740.